The van der Waals surface area contributed by atoms with E-state index in [9.17, 15) is 0 Å². The van der Waals surface area contributed by atoms with Gasteiger partial charge in [0, 0.05) is 29.5 Å². The van der Waals surface area contributed by atoms with Gasteiger partial charge in [0.15, 0.2) is 0 Å². The van der Waals surface area contributed by atoms with E-state index in [4.69, 9.17) is 0 Å². The van der Waals surface area contributed by atoms with Gasteiger partial charge >= 0.3 is 0 Å². The van der Waals surface area contributed by atoms with Crippen LogP contribution in [0.2, 0.25) is 0 Å². The van der Waals surface area contributed by atoms with Crippen molar-refractivity contribution in [2.75, 3.05) is 0 Å². The first-order chi connectivity index (χ1) is 8.46. The smallest absolute Gasteiger partial charge is 0.137 e. The molecule has 0 saturated carbocycles. The Morgan fingerprint density at radius 3 is 2.61 bits per heavy atom. The molecule has 1 aromatic heterocycles. The van der Waals surface area contributed by atoms with E-state index in [-0.39, 0.29) is 5.54 Å². The fourth-order valence-corrected chi connectivity index (χ4v) is 1.78. The Morgan fingerprint density at radius 1 is 1.22 bits per heavy atom. The lowest BCUT2D eigenvalue weighted by atomic mass is 10.1. The van der Waals surface area contributed by atoms with E-state index in [1.165, 1.54) is 11.1 Å². The molecule has 96 valence electrons. The van der Waals surface area contributed by atoms with E-state index in [0.29, 0.717) is 0 Å². The third kappa shape index (κ3) is 3.20. The number of imidazole rings is 1. The van der Waals surface area contributed by atoms with Crippen LogP contribution in [0.15, 0.2) is 30.5 Å². The number of nitrogens with zero attached hydrogens (tertiary/aromatic N) is 1. The van der Waals surface area contributed by atoms with Crippen LogP contribution in [0.3, 0.4) is 0 Å². The molecule has 0 aliphatic carbocycles. The highest BCUT2D eigenvalue weighted by molar-refractivity contribution is 5.59. The molecule has 0 unspecified atom stereocenters. The first-order valence-corrected chi connectivity index (χ1v) is 6.30. The summed E-state index contributed by atoms with van der Waals surface area (Å²) in [5.74, 6) is 0.943. The molecule has 3 heteroatoms. The van der Waals surface area contributed by atoms with Gasteiger partial charge in [-0.25, -0.2) is 4.98 Å². The fourth-order valence-electron chi connectivity index (χ4n) is 1.78. The Kier molecular flexibility index (Phi) is 3.53. The number of hydrogen-bond donors (Lipinski definition) is 2. The summed E-state index contributed by atoms with van der Waals surface area (Å²) < 4.78 is 0. The van der Waals surface area contributed by atoms with E-state index < -0.39 is 0 Å². The highest BCUT2D eigenvalue weighted by Gasteiger charge is 2.10. The van der Waals surface area contributed by atoms with Crippen molar-refractivity contribution in [3.8, 4) is 11.4 Å². The summed E-state index contributed by atoms with van der Waals surface area (Å²) in [7, 11) is 0. The van der Waals surface area contributed by atoms with Crippen molar-refractivity contribution in [2.24, 2.45) is 0 Å². The molecule has 0 atom stereocenters. The maximum atomic E-state index is 4.45. The number of H-pyrrole nitrogens is 1. The van der Waals surface area contributed by atoms with Gasteiger partial charge in [-0.1, -0.05) is 24.3 Å². The van der Waals surface area contributed by atoms with Crippen LogP contribution in [-0.4, -0.2) is 15.5 Å². The lowest BCUT2D eigenvalue weighted by Gasteiger charge is -2.19. The molecule has 1 aromatic carbocycles. The van der Waals surface area contributed by atoms with Gasteiger partial charge in [0.2, 0.25) is 0 Å². The molecule has 0 bridgehead atoms. The third-order valence-corrected chi connectivity index (χ3v) is 2.84. The average Bonchev–Trinajstić information content (AvgIpc) is 2.75. The van der Waals surface area contributed by atoms with Crippen LogP contribution < -0.4 is 5.32 Å². The maximum Gasteiger partial charge on any atom is 0.137 e. The second kappa shape index (κ2) is 4.94. The van der Waals surface area contributed by atoms with Crippen LogP contribution in [0, 0.1) is 6.92 Å². The molecule has 18 heavy (non-hydrogen) atoms. The number of aromatic amines is 1. The minimum Gasteiger partial charge on any atom is -0.341 e. The zero-order valence-electron chi connectivity index (χ0n) is 11.5. The highest BCUT2D eigenvalue weighted by atomic mass is 15.0. The summed E-state index contributed by atoms with van der Waals surface area (Å²) in [6.45, 7) is 9.39. The zero-order chi connectivity index (χ0) is 13.2. The standard InChI is InChI=1S/C15H21N3/c1-11-7-5-6-8-13(11)14-16-9-12(18-14)10-17-15(2,3)4/h5-9,17H,10H2,1-4H3,(H,16,18). The first kappa shape index (κ1) is 12.8. The van der Waals surface area contributed by atoms with Gasteiger partial charge in [-0.15, -0.1) is 0 Å². The molecule has 2 N–H and O–H groups in total. The van der Waals surface area contributed by atoms with Crippen molar-refractivity contribution in [3.63, 3.8) is 0 Å². The van der Waals surface area contributed by atoms with Crippen LogP contribution in [0.1, 0.15) is 32.0 Å². The lowest BCUT2D eigenvalue weighted by molar-refractivity contribution is 0.422. The SMILES string of the molecule is Cc1ccccc1-c1ncc(CNC(C)(C)C)[nH]1. The average molecular weight is 243 g/mol. The molecular formula is C15H21N3. The molecular weight excluding hydrogens is 222 g/mol. The van der Waals surface area contributed by atoms with E-state index in [1.807, 2.05) is 18.3 Å². The number of benzene rings is 1. The number of aryl methyl sites for hydroxylation is 1. The van der Waals surface area contributed by atoms with Crippen LogP contribution in [-0.2, 0) is 6.54 Å². The molecule has 2 rings (SSSR count). The molecule has 0 saturated heterocycles. The lowest BCUT2D eigenvalue weighted by Crippen LogP contribution is -2.35. The van der Waals surface area contributed by atoms with Crippen molar-refractivity contribution in [1.82, 2.24) is 15.3 Å². The van der Waals surface area contributed by atoms with Crippen LogP contribution >= 0.6 is 0 Å². The normalized spacial score (nSPS) is 11.8. The summed E-state index contributed by atoms with van der Waals surface area (Å²) in [6.07, 6.45) is 1.90. The van der Waals surface area contributed by atoms with Gasteiger partial charge in [0.25, 0.3) is 0 Å². The largest absolute Gasteiger partial charge is 0.341 e. The third-order valence-electron chi connectivity index (χ3n) is 2.84. The summed E-state index contributed by atoms with van der Waals surface area (Å²) in [6, 6.07) is 8.28. The quantitative estimate of drug-likeness (QED) is 0.868. The Bertz CT molecular complexity index is 521. The minimum atomic E-state index is 0.119. The van der Waals surface area contributed by atoms with Crippen LogP contribution in [0.5, 0.6) is 0 Å². The second-order valence-corrected chi connectivity index (χ2v) is 5.68. The zero-order valence-corrected chi connectivity index (χ0v) is 11.5. The van der Waals surface area contributed by atoms with E-state index in [1.54, 1.807) is 0 Å². The summed E-state index contributed by atoms with van der Waals surface area (Å²) in [5, 5.41) is 3.45. The fraction of sp³-hybridized carbons (Fsp3) is 0.400. The van der Waals surface area contributed by atoms with Crippen molar-refractivity contribution >= 4 is 0 Å². The number of hydrogen-bond acceptors (Lipinski definition) is 2. The predicted octanol–water partition coefficient (Wildman–Crippen LogP) is 3.27. The summed E-state index contributed by atoms with van der Waals surface area (Å²) in [5.41, 5.74) is 3.64. The number of nitrogens with one attached hydrogen (secondary N) is 2. The maximum absolute atomic E-state index is 4.45. The molecule has 0 amide bonds. The molecule has 0 aliphatic rings. The molecule has 3 nitrogen and oxygen atoms in total. The van der Waals surface area contributed by atoms with Gasteiger partial charge in [-0.3, -0.25) is 0 Å². The first-order valence-electron chi connectivity index (χ1n) is 6.30. The van der Waals surface area contributed by atoms with Crippen molar-refractivity contribution < 1.29 is 0 Å². The highest BCUT2D eigenvalue weighted by Crippen LogP contribution is 2.19. The topological polar surface area (TPSA) is 40.7 Å². The molecule has 1 heterocycles. The summed E-state index contributed by atoms with van der Waals surface area (Å²) in [4.78, 5) is 7.82. The Morgan fingerprint density at radius 2 is 1.94 bits per heavy atom. The van der Waals surface area contributed by atoms with E-state index in [0.717, 1.165) is 18.1 Å². The van der Waals surface area contributed by atoms with E-state index in [2.05, 4.69) is 55.1 Å². The Balaban J connectivity index is 2.14. The van der Waals surface area contributed by atoms with Crippen LogP contribution in [0.4, 0.5) is 0 Å². The molecule has 0 spiro atoms. The van der Waals surface area contributed by atoms with E-state index >= 15 is 0 Å². The van der Waals surface area contributed by atoms with Crippen molar-refractivity contribution in [1.29, 1.82) is 0 Å². The van der Waals surface area contributed by atoms with Gasteiger partial charge in [0.05, 0.1) is 0 Å². The Hall–Kier alpha value is -1.61. The Labute approximate surface area is 109 Å². The number of aromatic nitrogens is 2. The summed E-state index contributed by atoms with van der Waals surface area (Å²) >= 11 is 0. The monoisotopic (exact) mass is 243 g/mol. The number of rotatable bonds is 3. The van der Waals surface area contributed by atoms with Crippen molar-refractivity contribution in [3.05, 3.63) is 41.7 Å². The predicted molar refractivity (Wildman–Crippen MR) is 75.4 cm³/mol. The second-order valence-electron chi connectivity index (χ2n) is 5.68. The van der Waals surface area contributed by atoms with Gasteiger partial charge in [0.1, 0.15) is 5.82 Å². The molecule has 0 radical (unpaired) electrons. The minimum absolute atomic E-state index is 0.119. The molecule has 2 aromatic rings. The molecule has 0 aliphatic heterocycles. The van der Waals surface area contributed by atoms with Gasteiger partial charge < -0.3 is 10.3 Å². The van der Waals surface area contributed by atoms with Gasteiger partial charge in [-0.05, 0) is 33.3 Å². The van der Waals surface area contributed by atoms with Crippen molar-refractivity contribution in [2.45, 2.75) is 39.8 Å². The van der Waals surface area contributed by atoms with Crippen LogP contribution in [0.25, 0.3) is 11.4 Å². The molecule has 0 fully saturated rings. The van der Waals surface area contributed by atoms with Gasteiger partial charge in [-0.2, -0.15) is 0 Å².